The number of aromatic nitrogens is 2. The minimum absolute atomic E-state index is 0.304. The van der Waals surface area contributed by atoms with Gasteiger partial charge in [0.25, 0.3) is 0 Å². The SMILES string of the molecule is CCCC(C)S(=O)(=O)NC(C)C(Oc1ccc2c(cnn2-c2ccc(F)cc2)c1)c1ccccc1. The standard InChI is InChI=1S/C27H30FN3O3S/c1-4-8-19(2)35(32,33)30-20(3)27(21-9-6-5-7-10-21)34-25-15-16-26-22(17-25)18-29-31(26)24-13-11-23(28)12-14-24/h5-7,9-20,27,30H,4,8H2,1-3H3. The van der Waals surface area contributed by atoms with Gasteiger partial charge >= 0.3 is 0 Å². The molecular formula is C27H30FN3O3S. The van der Waals surface area contributed by atoms with Crippen molar-refractivity contribution >= 4 is 20.9 Å². The number of hydrogen-bond acceptors (Lipinski definition) is 4. The maximum Gasteiger partial charge on any atom is 0.214 e. The van der Waals surface area contributed by atoms with Crippen LogP contribution < -0.4 is 9.46 Å². The zero-order valence-corrected chi connectivity index (χ0v) is 20.9. The third kappa shape index (κ3) is 5.71. The Morgan fingerprint density at radius 3 is 2.43 bits per heavy atom. The Bertz CT molecular complexity index is 1370. The fraction of sp³-hybridized carbons (Fsp3) is 0.296. The van der Waals surface area contributed by atoms with Crippen LogP contribution in [-0.2, 0) is 10.0 Å². The molecule has 0 spiro atoms. The molecule has 0 radical (unpaired) electrons. The largest absolute Gasteiger partial charge is 0.484 e. The molecule has 0 fully saturated rings. The molecule has 0 aliphatic rings. The molecular weight excluding hydrogens is 465 g/mol. The molecule has 0 saturated carbocycles. The van der Waals surface area contributed by atoms with Crippen molar-refractivity contribution in [3.63, 3.8) is 0 Å². The van der Waals surface area contributed by atoms with Crippen LogP contribution in [0.2, 0.25) is 0 Å². The zero-order chi connectivity index (χ0) is 25.0. The number of nitrogens with one attached hydrogen (secondary N) is 1. The first-order valence-corrected chi connectivity index (χ1v) is 13.3. The highest BCUT2D eigenvalue weighted by Crippen LogP contribution is 2.29. The molecule has 1 heterocycles. The van der Waals surface area contributed by atoms with E-state index in [2.05, 4.69) is 9.82 Å². The van der Waals surface area contributed by atoms with E-state index in [1.807, 2.05) is 62.4 Å². The van der Waals surface area contributed by atoms with Gasteiger partial charge < -0.3 is 4.74 Å². The van der Waals surface area contributed by atoms with Gasteiger partial charge in [-0.25, -0.2) is 22.2 Å². The topological polar surface area (TPSA) is 73.2 Å². The second kappa shape index (κ2) is 10.6. The van der Waals surface area contributed by atoms with Gasteiger partial charge in [-0.15, -0.1) is 0 Å². The van der Waals surface area contributed by atoms with Crippen LogP contribution in [0.3, 0.4) is 0 Å². The minimum Gasteiger partial charge on any atom is -0.484 e. The van der Waals surface area contributed by atoms with Crippen molar-refractivity contribution in [3.05, 3.63) is 90.4 Å². The highest BCUT2D eigenvalue weighted by Gasteiger charge is 2.28. The lowest BCUT2D eigenvalue weighted by molar-refractivity contribution is 0.173. The molecule has 0 aliphatic heterocycles. The Morgan fingerprint density at radius 1 is 1.03 bits per heavy atom. The summed E-state index contributed by atoms with van der Waals surface area (Å²) in [5.41, 5.74) is 2.47. The number of nitrogens with zero attached hydrogens (tertiary/aromatic N) is 2. The quantitative estimate of drug-likeness (QED) is 0.303. The van der Waals surface area contributed by atoms with E-state index in [1.165, 1.54) is 12.1 Å². The summed E-state index contributed by atoms with van der Waals surface area (Å²) in [4.78, 5) is 0. The van der Waals surface area contributed by atoms with Gasteiger partial charge in [-0.1, -0.05) is 43.7 Å². The summed E-state index contributed by atoms with van der Waals surface area (Å²) in [6.07, 6.45) is 2.57. The third-order valence-electron chi connectivity index (χ3n) is 6.03. The predicted molar refractivity (Wildman–Crippen MR) is 137 cm³/mol. The second-order valence-corrected chi connectivity index (χ2v) is 10.9. The predicted octanol–water partition coefficient (Wildman–Crippen LogP) is 5.78. The maximum atomic E-state index is 13.3. The Labute approximate surface area is 205 Å². The molecule has 3 unspecified atom stereocenters. The van der Waals surface area contributed by atoms with Gasteiger partial charge in [0.15, 0.2) is 0 Å². The number of ether oxygens (including phenoxy) is 1. The highest BCUT2D eigenvalue weighted by molar-refractivity contribution is 7.90. The molecule has 4 rings (SSSR count). The van der Waals surface area contributed by atoms with Gasteiger partial charge in [0, 0.05) is 5.39 Å². The Hall–Kier alpha value is -3.23. The van der Waals surface area contributed by atoms with Crippen LogP contribution in [-0.4, -0.2) is 29.5 Å². The normalized spacial score (nSPS) is 14.5. The summed E-state index contributed by atoms with van der Waals surface area (Å²) >= 11 is 0. The van der Waals surface area contributed by atoms with Crippen molar-refractivity contribution in [2.75, 3.05) is 0 Å². The number of hydrogen-bond donors (Lipinski definition) is 1. The third-order valence-corrected chi connectivity index (χ3v) is 8.03. The summed E-state index contributed by atoms with van der Waals surface area (Å²) < 4.78 is 50.0. The number of sulfonamides is 1. The van der Waals surface area contributed by atoms with Crippen LogP contribution in [0.15, 0.2) is 79.0 Å². The zero-order valence-electron chi connectivity index (χ0n) is 20.1. The molecule has 3 aromatic carbocycles. The van der Waals surface area contributed by atoms with Gasteiger partial charge in [-0.3, -0.25) is 0 Å². The fourth-order valence-electron chi connectivity index (χ4n) is 4.12. The molecule has 0 amide bonds. The first kappa shape index (κ1) is 24.9. The van der Waals surface area contributed by atoms with Crippen molar-refractivity contribution in [3.8, 4) is 11.4 Å². The summed E-state index contributed by atoms with van der Waals surface area (Å²) in [6, 6.07) is 20.8. The van der Waals surface area contributed by atoms with Crippen molar-refractivity contribution in [1.82, 2.24) is 14.5 Å². The van der Waals surface area contributed by atoms with Crippen molar-refractivity contribution in [2.24, 2.45) is 0 Å². The van der Waals surface area contributed by atoms with Crippen LogP contribution in [0.25, 0.3) is 16.6 Å². The number of halogens is 1. The summed E-state index contributed by atoms with van der Waals surface area (Å²) in [5, 5.41) is 4.81. The van der Waals surface area contributed by atoms with Crippen LogP contribution in [0.4, 0.5) is 4.39 Å². The van der Waals surface area contributed by atoms with E-state index in [-0.39, 0.29) is 5.82 Å². The van der Waals surface area contributed by atoms with E-state index in [4.69, 9.17) is 4.74 Å². The molecule has 0 saturated heterocycles. The molecule has 1 N–H and O–H groups in total. The van der Waals surface area contributed by atoms with Gasteiger partial charge in [-0.2, -0.15) is 5.10 Å². The lowest BCUT2D eigenvalue weighted by atomic mass is 10.0. The van der Waals surface area contributed by atoms with E-state index in [9.17, 15) is 12.8 Å². The molecule has 0 bridgehead atoms. The van der Waals surface area contributed by atoms with E-state index >= 15 is 0 Å². The average molecular weight is 496 g/mol. The summed E-state index contributed by atoms with van der Waals surface area (Å²) in [5.74, 6) is 0.291. The van der Waals surface area contributed by atoms with Gasteiger partial charge in [0.05, 0.1) is 28.7 Å². The van der Waals surface area contributed by atoms with E-state index in [0.717, 1.165) is 28.6 Å². The lowest BCUT2D eigenvalue weighted by Gasteiger charge is -2.27. The minimum atomic E-state index is -3.50. The molecule has 184 valence electrons. The average Bonchev–Trinajstić information content (AvgIpc) is 3.26. The van der Waals surface area contributed by atoms with E-state index in [1.54, 1.807) is 29.9 Å². The van der Waals surface area contributed by atoms with Crippen molar-refractivity contribution in [1.29, 1.82) is 0 Å². The summed E-state index contributed by atoms with van der Waals surface area (Å²) in [7, 11) is -3.50. The molecule has 0 aliphatic carbocycles. The van der Waals surface area contributed by atoms with Crippen molar-refractivity contribution < 1.29 is 17.5 Å². The monoisotopic (exact) mass is 495 g/mol. The molecule has 4 aromatic rings. The Balaban J connectivity index is 1.62. The summed E-state index contributed by atoms with van der Waals surface area (Å²) in [6.45, 7) is 5.52. The Kier molecular flexibility index (Phi) is 7.52. The van der Waals surface area contributed by atoms with Crippen molar-refractivity contribution in [2.45, 2.75) is 51.0 Å². The Morgan fingerprint density at radius 2 is 1.74 bits per heavy atom. The first-order chi connectivity index (χ1) is 16.8. The smallest absolute Gasteiger partial charge is 0.214 e. The maximum absolute atomic E-state index is 13.3. The molecule has 3 atom stereocenters. The van der Waals surface area contributed by atoms with Crippen LogP contribution in [0, 0.1) is 5.82 Å². The molecule has 8 heteroatoms. The number of benzene rings is 3. The second-order valence-electron chi connectivity index (χ2n) is 8.75. The molecule has 35 heavy (non-hydrogen) atoms. The lowest BCUT2D eigenvalue weighted by Crippen LogP contribution is -2.43. The number of fused-ring (bicyclic) bond motifs is 1. The fourth-order valence-corrected chi connectivity index (χ4v) is 5.54. The van der Waals surface area contributed by atoms with Gasteiger partial charge in [-0.05, 0) is 68.3 Å². The van der Waals surface area contributed by atoms with Crippen LogP contribution in [0.5, 0.6) is 5.75 Å². The molecule has 6 nitrogen and oxygen atoms in total. The molecule has 1 aromatic heterocycles. The van der Waals surface area contributed by atoms with E-state index in [0.29, 0.717) is 12.2 Å². The van der Waals surface area contributed by atoms with E-state index < -0.39 is 27.4 Å². The van der Waals surface area contributed by atoms with Crippen LogP contribution in [0.1, 0.15) is 45.3 Å². The van der Waals surface area contributed by atoms with Gasteiger partial charge in [0.1, 0.15) is 17.7 Å². The highest BCUT2D eigenvalue weighted by atomic mass is 32.2. The first-order valence-electron chi connectivity index (χ1n) is 11.7. The number of rotatable bonds is 10. The van der Waals surface area contributed by atoms with Crippen LogP contribution >= 0.6 is 0 Å². The van der Waals surface area contributed by atoms with Gasteiger partial charge in [0.2, 0.25) is 10.0 Å².